The van der Waals surface area contributed by atoms with Crippen LogP contribution in [0.5, 0.6) is 0 Å². The molecule has 0 aromatic carbocycles. The molecular formula is C16H28O4. The summed E-state index contributed by atoms with van der Waals surface area (Å²) in [6.07, 6.45) is 5.13. The fraction of sp³-hybridized carbons (Fsp3) is 0.875. The predicted molar refractivity (Wildman–Crippen MR) is 77.2 cm³/mol. The SMILES string of the molecule is CCC(C)OC(=O)C1(C(=O)OC(C)CC)CCCCC1. The Labute approximate surface area is 122 Å². The van der Waals surface area contributed by atoms with Crippen LogP contribution in [0.1, 0.15) is 72.6 Å². The smallest absolute Gasteiger partial charge is 0.323 e. The van der Waals surface area contributed by atoms with Crippen molar-refractivity contribution < 1.29 is 19.1 Å². The first kappa shape index (κ1) is 17.0. The lowest BCUT2D eigenvalue weighted by atomic mass is 9.74. The summed E-state index contributed by atoms with van der Waals surface area (Å²) in [5.74, 6) is -0.778. The van der Waals surface area contributed by atoms with Crippen molar-refractivity contribution in [3.8, 4) is 0 Å². The molecule has 20 heavy (non-hydrogen) atoms. The van der Waals surface area contributed by atoms with Gasteiger partial charge in [0.1, 0.15) is 0 Å². The molecule has 0 heterocycles. The summed E-state index contributed by atoms with van der Waals surface area (Å²) >= 11 is 0. The van der Waals surface area contributed by atoms with Gasteiger partial charge >= 0.3 is 11.9 Å². The second kappa shape index (κ2) is 7.65. The molecule has 0 spiro atoms. The van der Waals surface area contributed by atoms with E-state index in [1.54, 1.807) is 0 Å². The van der Waals surface area contributed by atoms with Crippen LogP contribution in [0.3, 0.4) is 0 Å². The Hall–Kier alpha value is -1.06. The molecule has 4 nitrogen and oxygen atoms in total. The van der Waals surface area contributed by atoms with Gasteiger partial charge in [0.2, 0.25) is 0 Å². The van der Waals surface area contributed by atoms with Crippen LogP contribution >= 0.6 is 0 Å². The molecule has 1 saturated carbocycles. The molecule has 1 rings (SSSR count). The lowest BCUT2D eigenvalue weighted by Crippen LogP contribution is -2.45. The Bertz CT molecular complexity index is 305. The Balaban J connectivity index is 2.85. The molecule has 1 fully saturated rings. The summed E-state index contributed by atoms with van der Waals surface area (Å²) in [5.41, 5.74) is -1.06. The second-order valence-corrected chi connectivity index (χ2v) is 5.89. The van der Waals surface area contributed by atoms with E-state index in [0.717, 1.165) is 32.1 Å². The first-order chi connectivity index (χ1) is 9.46. The Kier molecular flexibility index (Phi) is 6.50. The molecule has 116 valence electrons. The highest BCUT2D eigenvalue weighted by molar-refractivity contribution is 6.00. The van der Waals surface area contributed by atoms with E-state index in [9.17, 15) is 9.59 Å². The van der Waals surface area contributed by atoms with Crippen molar-refractivity contribution in [2.24, 2.45) is 5.41 Å². The van der Waals surface area contributed by atoms with Gasteiger partial charge in [-0.1, -0.05) is 33.1 Å². The van der Waals surface area contributed by atoms with E-state index in [1.807, 2.05) is 27.7 Å². The summed E-state index contributed by atoms with van der Waals surface area (Å²) in [4.78, 5) is 25.0. The fourth-order valence-electron chi connectivity index (χ4n) is 2.40. The molecule has 0 amide bonds. The van der Waals surface area contributed by atoms with Crippen molar-refractivity contribution in [2.45, 2.75) is 84.8 Å². The molecule has 0 aromatic rings. The molecule has 0 saturated heterocycles. The van der Waals surface area contributed by atoms with E-state index in [0.29, 0.717) is 12.8 Å². The quantitative estimate of drug-likeness (QED) is 0.552. The highest BCUT2D eigenvalue weighted by atomic mass is 16.6. The van der Waals surface area contributed by atoms with E-state index < -0.39 is 5.41 Å². The van der Waals surface area contributed by atoms with Gasteiger partial charge in [0, 0.05) is 0 Å². The average molecular weight is 284 g/mol. The number of rotatable bonds is 6. The average Bonchev–Trinajstić information content (AvgIpc) is 2.47. The molecule has 0 aliphatic heterocycles. The van der Waals surface area contributed by atoms with Crippen LogP contribution in [0.15, 0.2) is 0 Å². The number of carbonyl (C=O) groups is 2. The fourth-order valence-corrected chi connectivity index (χ4v) is 2.40. The van der Waals surface area contributed by atoms with E-state index >= 15 is 0 Å². The van der Waals surface area contributed by atoms with Crippen LogP contribution in [0.4, 0.5) is 0 Å². The normalized spacial score (nSPS) is 20.8. The van der Waals surface area contributed by atoms with Crippen LogP contribution in [-0.4, -0.2) is 24.1 Å². The Morgan fingerprint density at radius 3 is 1.65 bits per heavy atom. The van der Waals surface area contributed by atoms with Gasteiger partial charge in [-0.3, -0.25) is 9.59 Å². The highest BCUT2D eigenvalue weighted by Gasteiger charge is 2.50. The maximum atomic E-state index is 12.5. The minimum Gasteiger partial charge on any atom is -0.462 e. The van der Waals surface area contributed by atoms with Crippen LogP contribution in [0, 0.1) is 5.41 Å². The van der Waals surface area contributed by atoms with Gasteiger partial charge in [0.15, 0.2) is 5.41 Å². The summed E-state index contributed by atoms with van der Waals surface area (Å²) in [7, 11) is 0. The molecule has 0 aromatic heterocycles. The highest BCUT2D eigenvalue weighted by Crippen LogP contribution is 2.39. The Morgan fingerprint density at radius 2 is 1.30 bits per heavy atom. The molecule has 2 atom stereocenters. The summed E-state index contributed by atoms with van der Waals surface area (Å²) < 4.78 is 10.9. The standard InChI is InChI=1S/C16H28O4/c1-5-12(3)19-14(17)16(10-8-7-9-11-16)15(18)20-13(4)6-2/h12-13H,5-11H2,1-4H3. The zero-order chi connectivity index (χ0) is 15.2. The summed E-state index contributed by atoms with van der Waals surface area (Å²) in [5, 5.41) is 0. The van der Waals surface area contributed by atoms with Gasteiger partial charge in [-0.05, 0) is 39.5 Å². The largest absolute Gasteiger partial charge is 0.462 e. The third-order valence-electron chi connectivity index (χ3n) is 4.25. The van der Waals surface area contributed by atoms with Crippen LogP contribution in [-0.2, 0) is 19.1 Å². The Morgan fingerprint density at radius 1 is 0.900 bits per heavy atom. The number of ether oxygens (including phenoxy) is 2. The first-order valence-electron chi connectivity index (χ1n) is 7.88. The zero-order valence-corrected chi connectivity index (χ0v) is 13.2. The monoisotopic (exact) mass is 284 g/mol. The van der Waals surface area contributed by atoms with Crippen molar-refractivity contribution in [2.75, 3.05) is 0 Å². The van der Waals surface area contributed by atoms with Gasteiger partial charge in [-0.25, -0.2) is 0 Å². The van der Waals surface area contributed by atoms with Gasteiger partial charge in [-0.15, -0.1) is 0 Å². The molecule has 0 radical (unpaired) electrons. The van der Waals surface area contributed by atoms with Gasteiger partial charge in [0.25, 0.3) is 0 Å². The molecule has 4 heteroatoms. The van der Waals surface area contributed by atoms with E-state index in [1.165, 1.54) is 0 Å². The number of hydrogen-bond acceptors (Lipinski definition) is 4. The van der Waals surface area contributed by atoms with Crippen molar-refractivity contribution in [3.05, 3.63) is 0 Å². The van der Waals surface area contributed by atoms with E-state index in [2.05, 4.69) is 0 Å². The van der Waals surface area contributed by atoms with E-state index in [4.69, 9.17) is 9.47 Å². The second-order valence-electron chi connectivity index (χ2n) is 5.89. The van der Waals surface area contributed by atoms with Crippen molar-refractivity contribution >= 4 is 11.9 Å². The molecule has 1 aliphatic rings. The zero-order valence-electron chi connectivity index (χ0n) is 13.2. The van der Waals surface area contributed by atoms with Crippen LogP contribution < -0.4 is 0 Å². The molecule has 0 bridgehead atoms. The van der Waals surface area contributed by atoms with Gasteiger partial charge < -0.3 is 9.47 Å². The maximum absolute atomic E-state index is 12.5. The molecule has 0 N–H and O–H groups in total. The van der Waals surface area contributed by atoms with Crippen molar-refractivity contribution in [3.63, 3.8) is 0 Å². The number of hydrogen-bond donors (Lipinski definition) is 0. The van der Waals surface area contributed by atoms with Crippen molar-refractivity contribution in [1.29, 1.82) is 0 Å². The topological polar surface area (TPSA) is 52.6 Å². The molecule has 2 unspecified atom stereocenters. The van der Waals surface area contributed by atoms with E-state index in [-0.39, 0.29) is 24.1 Å². The number of esters is 2. The summed E-state index contributed by atoms with van der Waals surface area (Å²) in [6.45, 7) is 7.63. The van der Waals surface area contributed by atoms with Gasteiger partial charge in [0.05, 0.1) is 12.2 Å². The van der Waals surface area contributed by atoms with Crippen LogP contribution in [0.2, 0.25) is 0 Å². The van der Waals surface area contributed by atoms with Gasteiger partial charge in [-0.2, -0.15) is 0 Å². The minimum atomic E-state index is -1.06. The summed E-state index contributed by atoms with van der Waals surface area (Å²) in [6, 6.07) is 0. The maximum Gasteiger partial charge on any atom is 0.323 e. The number of carbonyl (C=O) groups excluding carboxylic acids is 2. The molecular weight excluding hydrogens is 256 g/mol. The van der Waals surface area contributed by atoms with Crippen molar-refractivity contribution in [1.82, 2.24) is 0 Å². The third kappa shape index (κ3) is 3.97. The molecule has 1 aliphatic carbocycles. The predicted octanol–water partition coefficient (Wildman–Crippen LogP) is 3.62. The third-order valence-corrected chi connectivity index (χ3v) is 4.25. The van der Waals surface area contributed by atoms with Crippen LogP contribution in [0.25, 0.3) is 0 Å². The first-order valence-corrected chi connectivity index (χ1v) is 7.88. The lowest BCUT2D eigenvalue weighted by molar-refractivity contribution is -0.180. The minimum absolute atomic E-state index is 0.155. The lowest BCUT2D eigenvalue weighted by Gasteiger charge is -2.34.